The molecule has 1 aliphatic heterocycles. The molecule has 1 unspecified atom stereocenters. The number of methoxy groups -OCH3 is 1. The Balaban J connectivity index is 1.64. The van der Waals surface area contributed by atoms with Crippen LogP contribution in [0.25, 0.3) is 0 Å². The van der Waals surface area contributed by atoms with Gasteiger partial charge in [0.15, 0.2) is 6.29 Å². The van der Waals surface area contributed by atoms with Gasteiger partial charge in [0.05, 0.1) is 32.6 Å². The largest absolute Gasteiger partial charge is 0.497 e. The summed E-state index contributed by atoms with van der Waals surface area (Å²) in [6.45, 7) is 0.319. The van der Waals surface area contributed by atoms with Gasteiger partial charge in [-0.15, -0.1) is 0 Å². The fourth-order valence-corrected chi connectivity index (χ4v) is 3.31. The lowest BCUT2D eigenvalue weighted by atomic mass is 9.92. The minimum atomic E-state index is -2.90. The van der Waals surface area contributed by atoms with Gasteiger partial charge in [-0.2, -0.15) is 0 Å². The Hall–Kier alpha value is -2.47. The first kappa shape index (κ1) is 19.3. The second-order valence-corrected chi connectivity index (χ2v) is 6.71. The zero-order valence-corrected chi connectivity index (χ0v) is 15.2. The van der Waals surface area contributed by atoms with Gasteiger partial charge in [-0.3, -0.25) is 4.79 Å². The molecular formula is C21H23F2NO3. The lowest BCUT2D eigenvalue weighted by Crippen LogP contribution is -2.50. The molecule has 0 spiro atoms. The molecule has 0 bridgehead atoms. The van der Waals surface area contributed by atoms with Crippen LogP contribution in [0.3, 0.4) is 0 Å². The van der Waals surface area contributed by atoms with Gasteiger partial charge in [0.2, 0.25) is 0 Å². The quantitative estimate of drug-likeness (QED) is 0.681. The number of halogens is 2. The summed E-state index contributed by atoms with van der Waals surface area (Å²) < 4.78 is 40.1. The summed E-state index contributed by atoms with van der Waals surface area (Å²) in [4.78, 5) is 12.9. The molecule has 0 aromatic heterocycles. The van der Waals surface area contributed by atoms with Crippen LogP contribution in [-0.4, -0.2) is 39.0 Å². The maximum absolute atomic E-state index is 14.7. The molecule has 1 saturated heterocycles. The number of hydrogen-bond donors (Lipinski definition) is 0. The summed E-state index contributed by atoms with van der Waals surface area (Å²) in [5.74, 6) is -3.21. The Morgan fingerprint density at radius 2 is 2.00 bits per heavy atom. The normalized spacial score (nSPS) is 18.9. The van der Waals surface area contributed by atoms with Gasteiger partial charge in [0.25, 0.3) is 5.92 Å². The van der Waals surface area contributed by atoms with Crippen molar-refractivity contribution in [1.82, 2.24) is 0 Å². The number of anilines is 1. The molecule has 0 amide bonds. The number of nitrogens with zero attached hydrogens (tertiary/aromatic N) is 1. The van der Waals surface area contributed by atoms with E-state index in [0.717, 1.165) is 5.56 Å². The molecule has 2 aromatic carbocycles. The van der Waals surface area contributed by atoms with E-state index in [9.17, 15) is 13.6 Å². The number of aldehydes is 1. The number of rotatable bonds is 7. The molecule has 4 nitrogen and oxygen atoms in total. The maximum Gasteiger partial charge on any atom is 0.270 e. The highest BCUT2D eigenvalue weighted by atomic mass is 19.3. The van der Waals surface area contributed by atoms with E-state index in [1.54, 1.807) is 23.1 Å². The highest BCUT2D eigenvalue weighted by Crippen LogP contribution is 2.37. The predicted octanol–water partition coefficient (Wildman–Crippen LogP) is 4.19. The van der Waals surface area contributed by atoms with Gasteiger partial charge in [0.1, 0.15) is 5.75 Å². The first-order valence-corrected chi connectivity index (χ1v) is 8.91. The van der Waals surface area contributed by atoms with Crippen molar-refractivity contribution in [3.63, 3.8) is 0 Å². The first-order valence-electron chi connectivity index (χ1n) is 8.91. The number of ether oxygens (including phenoxy) is 2. The third kappa shape index (κ3) is 4.63. The standard InChI is InChI=1S/C21H23F2NO3/c1-26-19-8-7-17(12-25)20(11-19)24-10-9-18(21(22,23)15-24)14-27-13-16-5-3-2-4-6-16/h2-8,11-12,18H,9-10,13-15H2,1H3. The Morgan fingerprint density at radius 3 is 2.67 bits per heavy atom. The Labute approximate surface area is 157 Å². The topological polar surface area (TPSA) is 38.8 Å². The van der Waals surface area contributed by atoms with E-state index in [0.29, 0.717) is 36.4 Å². The average Bonchev–Trinajstić information content (AvgIpc) is 2.69. The fraction of sp³-hybridized carbons (Fsp3) is 0.381. The van der Waals surface area contributed by atoms with E-state index in [-0.39, 0.29) is 13.0 Å². The molecule has 0 aliphatic carbocycles. The van der Waals surface area contributed by atoms with Crippen LogP contribution in [0.15, 0.2) is 48.5 Å². The fourth-order valence-electron chi connectivity index (χ4n) is 3.31. The van der Waals surface area contributed by atoms with Gasteiger partial charge in [0, 0.05) is 24.1 Å². The van der Waals surface area contributed by atoms with Crippen LogP contribution in [0.1, 0.15) is 22.3 Å². The lowest BCUT2D eigenvalue weighted by Gasteiger charge is -2.39. The van der Waals surface area contributed by atoms with E-state index in [2.05, 4.69) is 0 Å². The molecule has 2 aromatic rings. The molecule has 0 N–H and O–H groups in total. The van der Waals surface area contributed by atoms with Gasteiger partial charge in [-0.1, -0.05) is 30.3 Å². The molecule has 1 aliphatic rings. The van der Waals surface area contributed by atoms with Crippen molar-refractivity contribution >= 4 is 12.0 Å². The summed E-state index contributed by atoms with van der Waals surface area (Å²) in [5, 5.41) is 0. The van der Waals surface area contributed by atoms with E-state index in [1.165, 1.54) is 7.11 Å². The number of piperidine rings is 1. The highest BCUT2D eigenvalue weighted by molar-refractivity contribution is 5.85. The number of carbonyl (C=O) groups is 1. The van der Waals surface area contributed by atoms with Gasteiger partial charge < -0.3 is 14.4 Å². The van der Waals surface area contributed by atoms with Gasteiger partial charge >= 0.3 is 0 Å². The molecule has 144 valence electrons. The van der Waals surface area contributed by atoms with Crippen LogP contribution in [0.2, 0.25) is 0 Å². The van der Waals surface area contributed by atoms with E-state index in [1.807, 2.05) is 30.3 Å². The second kappa shape index (κ2) is 8.48. The van der Waals surface area contributed by atoms with Crippen LogP contribution in [0.4, 0.5) is 14.5 Å². The van der Waals surface area contributed by atoms with Crippen molar-refractivity contribution in [3.05, 3.63) is 59.7 Å². The number of benzene rings is 2. The number of alkyl halides is 2. The minimum Gasteiger partial charge on any atom is -0.497 e. The van der Waals surface area contributed by atoms with Crippen LogP contribution >= 0.6 is 0 Å². The molecule has 27 heavy (non-hydrogen) atoms. The maximum atomic E-state index is 14.7. The summed E-state index contributed by atoms with van der Waals surface area (Å²) >= 11 is 0. The molecule has 6 heteroatoms. The van der Waals surface area contributed by atoms with Crippen molar-refractivity contribution < 1.29 is 23.0 Å². The molecule has 0 radical (unpaired) electrons. The van der Waals surface area contributed by atoms with Crippen molar-refractivity contribution in [2.24, 2.45) is 5.92 Å². The smallest absolute Gasteiger partial charge is 0.270 e. The third-order valence-corrected chi connectivity index (χ3v) is 4.88. The Morgan fingerprint density at radius 1 is 1.22 bits per heavy atom. The summed E-state index contributed by atoms with van der Waals surface area (Å²) in [6, 6.07) is 14.4. The Kier molecular flexibility index (Phi) is 6.06. The molecule has 1 fully saturated rings. The number of hydrogen-bond acceptors (Lipinski definition) is 4. The SMILES string of the molecule is COc1ccc(C=O)c(N2CCC(COCc3ccccc3)C(F)(F)C2)c1. The van der Waals surface area contributed by atoms with Gasteiger partial charge in [-0.05, 0) is 24.1 Å². The van der Waals surface area contributed by atoms with Crippen molar-refractivity contribution in [1.29, 1.82) is 0 Å². The van der Waals surface area contributed by atoms with Crippen molar-refractivity contribution in [3.8, 4) is 5.75 Å². The molecule has 1 heterocycles. The Bertz CT molecular complexity index is 767. The lowest BCUT2D eigenvalue weighted by molar-refractivity contribution is -0.0955. The average molecular weight is 375 g/mol. The minimum absolute atomic E-state index is 0.00832. The third-order valence-electron chi connectivity index (χ3n) is 4.88. The van der Waals surface area contributed by atoms with Gasteiger partial charge in [-0.25, -0.2) is 8.78 Å². The van der Waals surface area contributed by atoms with Crippen molar-refractivity contribution in [2.45, 2.75) is 19.0 Å². The summed E-state index contributed by atoms with van der Waals surface area (Å²) in [5.41, 5.74) is 1.82. The van der Waals surface area contributed by atoms with E-state index < -0.39 is 18.4 Å². The predicted molar refractivity (Wildman–Crippen MR) is 99.7 cm³/mol. The van der Waals surface area contributed by atoms with E-state index in [4.69, 9.17) is 9.47 Å². The highest BCUT2D eigenvalue weighted by Gasteiger charge is 2.45. The van der Waals surface area contributed by atoms with Crippen LogP contribution in [-0.2, 0) is 11.3 Å². The summed E-state index contributed by atoms with van der Waals surface area (Å²) in [7, 11) is 1.50. The van der Waals surface area contributed by atoms with Crippen molar-refractivity contribution in [2.75, 3.05) is 31.7 Å². The monoisotopic (exact) mass is 375 g/mol. The number of carbonyl (C=O) groups excluding carboxylic acids is 1. The summed E-state index contributed by atoms with van der Waals surface area (Å²) in [6.07, 6.45) is 0.972. The van der Waals surface area contributed by atoms with E-state index >= 15 is 0 Å². The molecular weight excluding hydrogens is 352 g/mol. The molecule has 3 rings (SSSR count). The van der Waals surface area contributed by atoms with Crippen LogP contribution in [0.5, 0.6) is 5.75 Å². The molecule has 1 atom stereocenters. The zero-order chi connectivity index (χ0) is 19.3. The first-order chi connectivity index (χ1) is 13.0. The second-order valence-electron chi connectivity index (χ2n) is 6.71. The molecule has 0 saturated carbocycles. The van der Waals surface area contributed by atoms with Crippen LogP contribution < -0.4 is 9.64 Å². The van der Waals surface area contributed by atoms with Crippen LogP contribution in [0, 0.1) is 5.92 Å². The zero-order valence-electron chi connectivity index (χ0n) is 15.2.